The van der Waals surface area contributed by atoms with Gasteiger partial charge in [-0.15, -0.1) is 0 Å². The van der Waals surface area contributed by atoms with Gasteiger partial charge in [-0.25, -0.2) is 4.39 Å². The van der Waals surface area contributed by atoms with E-state index < -0.39 is 0 Å². The van der Waals surface area contributed by atoms with Gasteiger partial charge in [0.05, 0.1) is 12.6 Å². The second-order valence-corrected chi connectivity index (χ2v) is 6.85. The molecule has 0 spiro atoms. The summed E-state index contributed by atoms with van der Waals surface area (Å²) in [6.45, 7) is 0.556. The van der Waals surface area contributed by atoms with Gasteiger partial charge in [-0.05, 0) is 25.0 Å². The van der Waals surface area contributed by atoms with Crippen LogP contribution in [-0.2, 0) is 0 Å². The van der Waals surface area contributed by atoms with E-state index in [1.165, 1.54) is 31.7 Å². The van der Waals surface area contributed by atoms with E-state index in [0.29, 0.717) is 24.1 Å². The van der Waals surface area contributed by atoms with E-state index in [-0.39, 0.29) is 11.9 Å². The molecule has 1 aliphatic carbocycles. The van der Waals surface area contributed by atoms with Crippen molar-refractivity contribution in [3.63, 3.8) is 0 Å². The molecule has 1 atom stereocenters. The summed E-state index contributed by atoms with van der Waals surface area (Å²) >= 11 is 3.31. The Bertz CT molecular complexity index is 538. The average Bonchev–Trinajstić information content (AvgIpc) is 2.67. The largest absolute Gasteiger partial charge is 0.370 e. The molecule has 1 aliphatic heterocycles. The number of halogens is 2. The van der Waals surface area contributed by atoms with Gasteiger partial charge in [0, 0.05) is 16.1 Å². The molecule has 2 N–H and O–H groups in total. The van der Waals surface area contributed by atoms with Gasteiger partial charge >= 0.3 is 0 Å². The summed E-state index contributed by atoms with van der Waals surface area (Å²) in [6.07, 6.45) is 7.29. The number of hydrogen-bond donors (Lipinski definition) is 1. The van der Waals surface area contributed by atoms with Crippen molar-refractivity contribution in [1.29, 1.82) is 0 Å². The average molecular weight is 354 g/mol. The summed E-state index contributed by atoms with van der Waals surface area (Å²) in [4.78, 5) is 6.55. The predicted molar refractivity (Wildman–Crippen MR) is 86.7 cm³/mol. The fourth-order valence-electron chi connectivity index (χ4n) is 3.51. The lowest BCUT2D eigenvalue weighted by Crippen LogP contribution is -2.43. The van der Waals surface area contributed by atoms with Crippen LogP contribution in [0.5, 0.6) is 0 Å². The molecule has 0 amide bonds. The van der Waals surface area contributed by atoms with Gasteiger partial charge in [-0.2, -0.15) is 0 Å². The third-order valence-electron chi connectivity index (χ3n) is 4.57. The molecule has 5 heteroatoms. The normalized spacial score (nSPS) is 24.0. The summed E-state index contributed by atoms with van der Waals surface area (Å²) in [5.41, 5.74) is 6.81. The molecule has 1 heterocycles. The topological polar surface area (TPSA) is 41.6 Å². The lowest BCUT2D eigenvalue weighted by Gasteiger charge is -2.34. The van der Waals surface area contributed by atoms with Crippen LogP contribution in [0.4, 0.5) is 4.39 Å². The van der Waals surface area contributed by atoms with E-state index >= 15 is 0 Å². The number of guanidine groups is 1. The van der Waals surface area contributed by atoms with Crippen LogP contribution in [0.3, 0.4) is 0 Å². The van der Waals surface area contributed by atoms with E-state index in [2.05, 4.69) is 25.8 Å². The highest BCUT2D eigenvalue weighted by Gasteiger charge is 2.34. The Morgan fingerprint density at radius 1 is 1.19 bits per heavy atom. The molecule has 1 saturated carbocycles. The van der Waals surface area contributed by atoms with Crippen molar-refractivity contribution in [1.82, 2.24) is 4.90 Å². The number of aliphatic imine (C=N–C) groups is 1. The van der Waals surface area contributed by atoms with E-state index in [9.17, 15) is 4.39 Å². The maximum Gasteiger partial charge on any atom is 0.192 e. The summed E-state index contributed by atoms with van der Waals surface area (Å²) in [7, 11) is 0. The number of rotatable bonds is 2. The Kier molecular flexibility index (Phi) is 4.48. The summed E-state index contributed by atoms with van der Waals surface area (Å²) in [6, 6.07) is 5.60. The Hall–Kier alpha value is -1.10. The molecule has 0 saturated heterocycles. The molecule has 3 rings (SSSR count). The van der Waals surface area contributed by atoms with Gasteiger partial charge in [0.15, 0.2) is 5.96 Å². The molecule has 0 bridgehead atoms. The monoisotopic (exact) mass is 353 g/mol. The van der Waals surface area contributed by atoms with Gasteiger partial charge in [-0.3, -0.25) is 4.99 Å². The fraction of sp³-hybridized carbons (Fsp3) is 0.562. The molecule has 3 nitrogen and oxygen atoms in total. The van der Waals surface area contributed by atoms with Crippen molar-refractivity contribution in [3.05, 3.63) is 34.1 Å². The molecule has 114 valence electrons. The van der Waals surface area contributed by atoms with Crippen LogP contribution in [0, 0.1) is 5.82 Å². The maximum atomic E-state index is 14.3. The summed E-state index contributed by atoms with van der Waals surface area (Å²) < 4.78 is 15.1. The van der Waals surface area contributed by atoms with E-state index in [1.807, 2.05) is 12.1 Å². The highest BCUT2D eigenvalue weighted by atomic mass is 79.9. The standard InChI is InChI=1S/C16H21BrFN3/c17-11-7-8-13(14(18)9-11)15-10-20-16(19)21(15)12-5-3-1-2-4-6-12/h7-9,12,15H,1-6,10H2,(H2,19,20). The van der Waals surface area contributed by atoms with E-state index in [1.54, 1.807) is 0 Å². The van der Waals surface area contributed by atoms with Crippen molar-refractivity contribution < 1.29 is 4.39 Å². The Morgan fingerprint density at radius 3 is 2.57 bits per heavy atom. The van der Waals surface area contributed by atoms with Crippen LogP contribution in [0.2, 0.25) is 0 Å². The van der Waals surface area contributed by atoms with Crippen molar-refractivity contribution >= 4 is 21.9 Å². The molecule has 0 radical (unpaired) electrons. The van der Waals surface area contributed by atoms with E-state index in [4.69, 9.17) is 5.73 Å². The molecule has 0 aromatic heterocycles. The maximum absolute atomic E-state index is 14.3. The first kappa shape index (κ1) is 14.8. The predicted octanol–water partition coefficient (Wildman–Crippen LogP) is 3.98. The van der Waals surface area contributed by atoms with Crippen molar-refractivity contribution in [3.8, 4) is 0 Å². The SMILES string of the molecule is NC1=NCC(c2ccc(Br)cc2F)N1C1CCCCCC1. The molecular weight excluding hydrogens is 333 g/mol. The van der Waals surface area contributed by atoms with E-state index in [0.717, 1.165) is 17.3 Å². The van der Waals surface area contributed by atoms with Gasteiger partial charge in [0.1, 0.15) is 5.82 Å². The molecule has 21 heavy (non-hydrogen) atoms. The lowest BCUT2D eigenvalue weighted by molar-refractivity contribution is 0.233. The molecule has 1 unspecified atom stereocenters. The second kappa shape index (κ2) is 6.34. The molecule has 1 fully saturated rings. The zero-order valence-corrected chi connectivity index (χ0v) is 13.7. The van der Waals surface area contributed by atoms with Gasteiger partial charge < -0.3 is 10.6 Å². The first-order chi connectivity index (χ1) is 10.2. The van der Waals surface area contributed by atoms with Crippen LogP contribution < -0.4 is 5.73 Å². The highest BCUT2D eigenvalue weighted by molar-refractivity contribution is 9.10. The number of benzene rings is 1. The van der Waals surface area contributed by atoms with Gasteiger partial charge in [0.25, 0.3) is 0 Å². The smallest absolute Gasteiger partial charge is 0.192 e. The lowest BCUT2D eigenvalue weighted by atomic mass is 10.0. The van der Waals surface area contributed by atoms with Crippen LogP contribution >= 0.6 is 15.9 Å². The molecule has 1 aromatic carbocycles. The van der Waals surface area contributed by atoms with Crippen LogP contribution in [0.15, 0.2) is 27.7 Å². The Balaban J connectivity index is 1.87. The fourth-order valence-corrected chi connectivity index (χ4v) is 3.84. The first-order valence-electron chi connectivity index (χ1n) is 7.70. The quantitative estimate of drug-likeness (QED) is 0.817. The minimum Gasteiger partial charge on any atom is -0.370 e. The molecular formula is C16H21BrFN3. The Labute approximate surface area is 133 Å². The van der Waals surface area contributed by atoms with Crippen molar-refractivity contribution in [2.75, 3.05) is 6.54 Å². The summed E-state index contributed by atoms with van der Waals surface area (Å²) in [5.74, 6) is 0.395. The van der Waals surface area contributed by atoms with Crippen LogP contribution in [-0.4, -0.2) is 23.4 Å². The third-order valence-corrected chi connectivity index (χ3v) is 5.06. The molecule has 1 aromatic rings. The zero-order valence-electron chi connectivity index (χ0n) is 12.1. The van der Waals surface area contributed by atoms with Crippen LogP contribution in [0.1, 0.15) is 50.1 Å². The third kappa shape index (κ3) is 3.07. The highest BCUT2D eigenvalue weighted by Crippen LogP contribution is 2.34. The van der Waals surface area contributed by atoms with Gasteiger partial charge in [0.2, 0.25) is 0 Å². The molecule has 2 aliphatic rings. The number of nitrogens with two attached hydrogens (primary N) is 1. The minimum absolute atomic E-state index is 0.0544. The number of hydrogen-bond acceptors (Lipinski definition) is 3. The van der Waals surface area contributed by atoms with Crippen molar-refractivity contribution in [2.24, 2.45) is 10.7 Å². The van der Waals surface area contributed by atoms with Gasteiger partial charge in [-0.1, -0.05) is 47.7 Å². The number of nitrogens with zero attached hydrogens (tertiary/aromatic N) is 2. The van der Waals surface area contributed by atoms with Crippen molar-refractivity contribution in [2.45, 2.75) is 50.6 Å². The van der Waals surface area contributed by atoms with Crippen LogP contribution in [0.25, 0.3) is 0 Å². The second-order valence-electron chi connectivity index (χ2n) is 5.93. The first-order valence-corrected chi connectivity index (χ1v) is 8.49. The Morgan fingerprint density at radius 2 is 1.90 bits per heavy atom. The zero-order chi connectivity index (χ0) is 14.8. The minimum atomic E-state index is -0.183. The summed E-state index contributed by atoms with van der Waals surface area (Å²) in [5, 5.41) is 0.